The molecule has 1 saturated carbocycles. The SMILES string of the molecule is CC(NC(=O)OC(C)(C)C)c1nnn(CC(=O)NC2CCCC2)n1. The summed E-state index contributed by atoms with van der Waals surface area (Å²) in [7, 11) is 0. The highest BCUT2D eigenvalue weighted by Gasteiger charge is 2.21. The number of nitrogens with one attached hydrogen (secondary N) is 2. The fraction of sp³-hybridized carbons (Fsp3) is 0.800. The van der Waals surface area contributed by atoms with Crippen LogP contribution in [-0.2, 0) is 16.1 Å². The Morgan fingerprint density at radius 3 is 2.62 bits per heavy atom. The Hall–Kier alpha value is -2.19. The van der Waals surface area contributed by atoms with Gasteiger partial charge in [0, 0.05) is 6.04 Å². The normalized spacial score (nSPS) is 16.7. The summed E-state index contributed by atoms with van der Waals surface area (Å²) in [6, 6.07) is -0.209. The minimum atomic E-state index is -0.576. The molecule has 9 nitrogen and oxygen atoms in total. The highest BCUT2D eigenvalue weighted by molar-refractivity contribution is 5.75. The van der Waals surface area contributed by atoms with E-state index in [0.717, 1.165) is 25.7 Å². The second kappa shape index (κ2) is 7.59. The Labute approximate surface area is 141 Å². The molecule has 0 spiro atoms. The van der Waals surface area contributed by atoms with Crippen LogP contribution in [0, 0.1) is 0 Å². The minimum absolute atomic E-state index is 0.0165. The molecule has 1 aliphatic carbocycles. The van der Waals surface area contributed by atoms with Gasteiger partial charge in [-0.1, -0.05) is 12.8 Å². The highest BCUT2D eigenvalue weighted by Crippen LogP contribution is 2.17. The van der Waals surface area contributed by atoms with Crippen LogP contribution in [0.2, 0.25) is 0 Å². The van der Waals surface area contributed by atoms with Gasteiger partial charge in [-0.2, -0.15) is 4.80 Å². The predicted molar refractivity (Wildman–Crippen MR) is 86.0 cm³/mol. The fourth-order valence-electron chi connectivity index (χ4n) is 2.52. The molecule has 0 saturated heterocycles. The smallest absolute Gasteiger partial charge is 0.408 e. The summed E-state index contributed by atoms with van der Waals surface area (Å²) >= 11 is 0. The third-order valence-electron chi connectivity index (χ3n) is 3.59. The number of hydrogen-bond donors (Lipinski definition) is 2. The molecule has 1 aromatic rings. The molecule has 1 heterocycles. The van der Waals surface area contributed by atoms with Crippen molar-refractivity contribution in [2.24, 2.45) is 0 Å². The maximum Gasteiger partial charge on any atom is 0.408 e. The first kappa shape index (κ1) is 18.2. The molecular weight excluding hydrogens is 312 g/mol. The first-order valence-corrected chi connectivity index (χ1v) is 8.29. The number of aromatic nitrogens is 4. The number of carbonyl (C=O) groups excluding carboxylic acids is 2. The van der Waals surface area contributed by atoms with E-state index < -0.39 is 17.7 Å². The summed E-state index contributed by atoms with van der Waals surface area (Å²) in [6.45, 7) is 7.10. The zero-order valence-corrected chi connectivity index (χ0v) is 14.7. The number of hydrogen-bond acceptors (Lipinski definition) is 6. The van der Waals surface area contributed by atoms with Crippen molar-refractivity contribution in [1.29, 1.82) is 0 Å². The van der Waals surface area contributed by atoms with Crippen LogP contribution < -0.4 is 10.6 Å². The summed E-state index contributed by atoms with van der Waals surface area (Å²) in [5.74, 6) is 0.202. The monoisotopic (exact) mass is 338 g/mol. The maximum atomic E-state index is 12.0. The molecule has 0 radical (unpaired) electrons. The van der Waals surface area contributed by atoms with Gasteiger partial charge in [-0.15, -0.1) is 10.2 Å². The second-order valence-electron chi connectivity index (χ2n) is 7.09. The molecule has 2 N–H and O–H groups in total. The summed E-state index contributed by atoms with van der Waals surface area (Å²) in [4.78, 5) is 24.9. The molecule has 9 heteroatoms. The van der Waals surface area contributed by atoms with Gasteiger partial charge in [0.2, 0.25) is 5.91 Å². The van der Waals surface area contributed by atoms with Crippen molar-refractivity contribution in [1.82, 2.24) is 30.8 Å². The number of alkyl carbamates (subject to hydrolysis) is 1. The highest BCUT2D eigenvalue weighted by atomic mass is 16.6. The molecule has 24 heavy (non-hydrogen) atoms. The van der Waals surface area contributed by atoms with Gasteiger partial charge < -0.3 is 15.4 Å². The lowest BCUT2D eigenvalue weighted by molar-refractivity contribution is -0.122. The van der Waals surface area contributed by atoms with E-state index in [0.29, 0.717) is 5.82 Å². The molecule has 1 unspecified atom stereocenters. The third-order valence-corrected chi connectivity index (χ3v) is 3.59. The van der Waals surface area contributed by atoms with Crippen LogP contribution in [-0.4, -0.2) is 43.9 Å². The van der Waals surface area contributed by atoms with E-state index in [-0.39, 0.29) is 18.5 Å². The van der Waals surface area contributed by atoms with Gasteiger partial charge in [-0.05, 0) is 45.7 Å². The number of rotatable bonds is 5. The Kier molecular flexibility index (Phi) is 5.74. The number of tetrazole rings is 1. The minimum Gasteiger partial charge on any atom is -0.444 e. The molecule has 0 bridgehead atoms. The molecule has 134 valence electrons. The van der Waals surface area contributed by atoms with E-state index in [9.17, 15) is 9.59 Å². The molecule has 2 amide bonds. The van der Waals surface area contributed by atoms with Gasteiger partial charge in [-0.25, -0.2) is 4.79 Å². The van der Waals surface area contributed by atoms with Crippen LogP contribution >= 0.6 is 0 Å². The topological polar surface area (TPSA) is 111 Å². The Balaban J connectivity index is 1.83. The van der Waals surface area contributed by atoms with Crippen molar-refractivity contribution >= 4 is 12.0 Å². The molecule has 1 aliphatic rings. The largest absolute Gasteiger partial charge is 0.444 e. The standard InChI is InChI=1S/C15H26N6O3/c1-10(16-14(23)24-15(2,3)4)13-18-20-21(19-13)9-12(22)17-11-7-5-6-8-11/h10-11H,5-9H2,1-4H3,(H,16,23)(H,17,22). The van der Waals surface area contributed by atoms with Crippen LogP contribution in [0.15, 0.2) is 0 Å². The second-order valence-corrected chi connectivity index (χ2v) is 7.09. The molecule has 1 aromatic heterocycles. The summed E-state index contributed by atoms with van der Waals surface area (Å²) in [5.41, 5.74) is -0.576. The van der Waals surface area contributed by atoms with Crippen LogP contribution in [0.3, 0.4) is 0 Å². The van der Waals surface area contributed by atoms with Crippen molar-refractivity contribution in [3.8, 4) is 0 Å². The number of carbonyl (C=O) groups is 2. The quantitative estimate of drug-likeness (QED) is 0.837. The average molecular weight is 338 g/mol. The van der Waals surface area contributed by atoms with Gasteiger partial charge in [0.15, 0.2) is 5.82 Å². The van der Waals surface area contributed by atoms with Crippen LogP contribution in [0.25, 0.3) is 0 Å². The third kappa shape index (κ3) is 5.78. The maximum absolute atomic E-state index is 12.0. The number of nitrogens with zero attached hydrogens (tertiary/aromatic N) is 4. The molecule has 0 aliphatic heterocycles. The van der Waals surface area contributed by atoms with Crippen molar-refractivity contribution in [3.63, 3.8) is 0 Å². The number of ether oxygens (including phenoxy) is 1. The van der Waals surface area contributed by atoms with E-state index in [1.807, 2.05) is 0 Å². The van der Waals surface area contributed by atoms with Gasteiger partial charge in [-0.3, -0.25) is 4.79 Å². The van der Waals surface area contributed by atoms with E-state index in [1.165, 1.54) is 4.80 Å². The van der Waals surface area contributed by atoms with Gasteiger partial charge in [0.05, 0.1) is 6.04 Å². The number of amides is 2. The van der Waals surface area contributed by atoms with Crippen molar-refractivity contribution < 1.29 is 14.3 Å². The Morgan fingerprint density at radius 1 is 1.33 bits per heavy atom. The first-order chi connectivity index (χ1) is 11.2. The molecule has 1 fully saturated rings. The van der Waals surface area contributed by atoms with E-state index in [1.54, 1.807) is 27.7 Å². The molecule has 1 atom stereocenters. The lowest BCUT2D eigenvalue weighted by atomic mass is 10.2. The molecular formula is C15H26N6O3. The molecule has 2 rings (SSSR count). The zero-order chi connectivity index (χ0) is 17.7. The van der Waals surface area contributed by atoms with E-state index >= 15 is 0 Å². The molecule has 0 aromatic carbocycles. The lowest BCUT2D eigenvalue weighted by Crippen LogP contribution is -2.36. The summed E-state index contributed by atoms with van der Waals surface area (Å²) in [6.07, 6.45) is 3.82. The van der Waals surface area contributed by atoms with Crippen LogP contribution in [0.5, 0.6) is 0 Å². The van der Waals surface area contributed by atoms with Gasteiger partial charge in [0.25, 0.3) is 0 Å². The predicted octanol–water partition coefficient (Wildman–Crippen LogP) is 1.32. The first-order valence-electron chi connectivity index (χ1n) is 8.29. The van der Waals surface area contributed by atoms with Gasteiger partial charge >= 0.3 is 6.09 Å². The van der Waals surface area contributed by atoms with Crippen LogP contribution in [0.4, 0.5) is 4.79 Å². The summed E-state index contributed by atoms with van der Waals surface area (Å²) < 4.78 is 5.18. The van der Waals surface area contributed by atoms with Gasteiger partial charge in [0.1, 0.15) is 12.1 Å². The average Bonchev–Trinajstić information content (AvgIpc) is 3.07. The van der Waals surface area contributed by atoms with Crippen molar-refractivity contribution in [2.45, 2.75) is 77.6 Å². The van der Waals surface area contributed by atoms with Crippen molar-refractivity contribution in [2.75, 3.05) is 0 Å². The van der Waals surface area contributed by atoms with E-state index in [2.05, 4.69) is 26.0 Å². The Bertz CT molecular complexity index is 574. The van der Waals surface area contributed by atoms with E-state index in [4.69, 9.17) is 4.74 Å². The van der Waals surface area contributed by atoms with Crippen molar-refractivity contribution in [3.05, 3.63) is 5.82 Å². The fourth-order valence-corrected chi connectivity index (χ4v) is 2.52. The zero-order valence-electron chi connectivity index (χ0n) is 14.7. The Morgan fingerprint density at radius 2 is 2.00 bits per heavy atom. The van der Waals surface area contributed by atoms with Crippen LogP contribution in [0.1, 0.15) is 65.2 Å². The summed E-state index contributed by atoms with van der Waals surface area (Å²) in [5, 5.41) is 17.5. The lowest BCUT2D eigenvalue weighted by Gasteiger charge is -2.20.